The van der Waals surface area contributed by atoms with E-state index >= 15 is 0 Å². The van der Waals surface area contributed by atoms with Crippen LogP contribution in [0.25, 0.3) is 0 Å². The van der Waals surface area contributed by atoms with E-state index in [0.29, 0.717) is 0 Å². The van der Waals surface area contributed by atoms with E-state index in [1.165, 1.54) is 5.56 Å². The van der Waals surface area contributed by atoms with Crippen LogP contribution >= 0.6 is 23.4 Å². The van der Waals surface area contributed by atoms with E-state index < -0.39 is 0 Å². The van der Waals surface area contributed by atoms with Gasteiger partial charge in [-0.1, -0.05) is 48.5 Å². The van der Waals surface area contributed by atoms with E-state index in [1.54, 1.807) is 11.8 Å². The molecule has 2 nitrogen and oxygen atoms in total. The number of pyridine rings is 1. The Balaban J connectivity index is 2.28. The van der Waals surface area contributed by atoms with Crippen molar-refractivity contribution in [2.45, 2.75) is 29.8 Å². The molecule has 0 radical (unpaired) electrons. The minimum absolute atomic E-state index is 0.281. The predicted molar refractivity (Wildman–Crippen MR) is 81.9 cm³/mol. The molecule has 2 rings (SSSR count). The van der Waals surface area contributed by atoms with Crippen molar-refractivity contribution in [3.8, 4) is 0 Å². The third kappa shape index (κ3) is 3.72. The Bertz CT molecular complexity index is 545. The molecule has 4 heteroatoms. The molecule has 1 atom stereocenters. The highest BCUT2D eigenvalue weighted by atomic mass is 35.5. The minimum atomic E-state index is 0.281. The van der Waals surface area contributed by atoms with Crippen molar-refractivity contribution in [1.29, 1.82) is 0 Å². The van der Waals surface area contributed by atoms with Crippen LogP contribution in [0.5, 0.6) is 0 Å². The summed E-state index contributed by atoms with van der Waals surface area (Å²) < 4.78 is 0. The highest BCUT2D eigenvalue weighted by Gasteiger charge is 2.12. The van der Waals surface area contributed by atoms with E-state index in [9.17, 15) is 0 Å². The van der Waals surface area contributed by atoms with Crippen molar-refractivity contribution >= 4 is 23.4 Å². The van der Waals surface area contributed by atoms with Gasteiger partial charge in [0.2, 0.25) is 0 Å². The van der Waals surface area contributed by atoms with Crippen LogP contribution < -0.4 is 5.32 Å². The summed E-state index contributed by atoms with van der Waals surface area (Å²) in [5.74, 6) is 0. The van der Waals surface area contributed by atoms with Gasteiger partial charge in [-0.15, -0.1) is 0 Å². The van der Waals surface area contributed by atoms with Gasteiger partial charge in [0.05, 0.1) is 5.02 Å². The Labute approximate surface area is 123 Å². The topological polar surface area (TPSA) is 24.9 Å². The van der Waals surface area contributed by atoms with Gasteiger partial charge in [-0.25, -0.2) is 4.98 Å². The average Bonchev–Trinajstić information content (AvgIpc) is 2.42. The number of aromatic nitrogens is 1. The van der Waals surface area contributed by atoms with Gasteiger partial charge in [0.1, 0.15) is 5.03 Å². The monoisotopic (exact) mass is 292 g/mol. The predicted octanol–water partition coefficient (Wildman–Crippen LogP) is 4.56. The molecule has 0 amide bonds. The summed E-state index contributed by atoms with van der Waals surface area (Å²) in [6.45, 7) is 5.19. The third-order valence-electron chi connectivity index (χ3n) is 2.82. The standard InChI is InChI=1S/C15H17ClN2S/c1-3-17-11(2)12-7-6-10-18-15(12)19-14-9-5-4-8-13(14)16/h4-11,17H,3H2,1-2H3. The van der Waals surface area contributed by atoms with Crippen molar-refractivity contribution in [3.63, 3.8) is 0 Å². The largest absolute Gasteiger partial charge is 0.310 e. The average molecular weight is 293 g/mol. The number of benzene rings is 1. The first-order chi connectivity index (χ1) is 9.22. The molecule has 0 bridgehead atoms. The number of nitrogens with one attached hydrogen (secondary N) is 1. The molecular weight excluding hydrogens is 276 g/mol. The molecule has 0 saturated carbocycles. The molecule has 1 aromatic carbocycles. The molecule has 2 aromatic rings. The molecule has 100 valence electrons. The zero-order valence-electron chi connectivity index (χ0n) is 11.1. The second-order valence-corrected chi connectivity index (χ2v) is 5.65. The molecule has 0 fully saturated rings. The lowest BCUT2D eigenvalue weighted by atomic mass is 10.1. The second-order valence-electron chi connectivity index (χ2n) is 4.21. The van der Waals surface area contributed by atoms with E-state index in [1.807, 2.05) is 36.5 Å². The lowest BCUT2D eigenvalue weighted by Crippen LogP contribution is -2.18. The van der Waals surface area contributed by atoms with Gasteiger partial charge in [-0.3, -0.25) is 0 Å². The lowest BCUT2D eigenvalue weighted by Gasteiger charge is -2.16. The van der Waals surface area contributed by atoms with Crippen molar-refractivity contribution < 1.29 is 0 Å². The van der Waals surface area contributed by atoms with Crippen LogP contribution in [0.4, 0.5) is 0 Å². The Morgan fingerprint density at radius 3 is 2.79 bits per heavy atom. The van der Waals surface area contributed by atoms with E-state index in [0.717, 1.165) is 21.5 Å². The normalized spacial score (nSPS) is 12.4. The van der Waals surface area contributed by atoms with E-state index in [4.69, 9.17) is 11.6 Å². The molecule has 0 aliphatic rings. The van der Waals surface area contributed by atoms with Gasteiger partial charge in [0.15, 0.2) is 0 Å². The molecule has 1 heterocycles. The number of nitrogens with zero attached hydrogens (tertiary/aromatic N) is 1. The summed E-state index contributed by atoms with van der Waals surface area (Å²) in [7, 11) is 0. The molecule has 19 heavy (non-hydrogen) atoms. The van der Waals surface area contributed by atoms with Crippen LogP contribution in [0.15, 0.2) is 52.5 Å². The van der Waals surface area contributed by atoms with E-state index in [-0.39, 0.29) is 6.04 Å². The molecule has 1 N–H and O–H groups in total. The lowest BCUT2D eigenvalue weighted by molar-refractivity contribution is 0.585. The smallest absolute Gasteiger partial charge is 0.106 e. The molecule has 1 unspecified atom stereocenters. The Hall–Kier alpha value is -1.03. The Kier molecular flexibility index (Phi) is 5.25. The van der Waals surface area contributed by atoms with Crippen molar-refractivity contribution in [3.05, 3.63) is 53.2 Å². The minimum Gasteiger partial charge on any atom is -0.310 e. The SMILES string of the molecule is CCNC(C)c1cccnc1Sc1ccccc1Cl. The molecule has 0 spiro atoms. The number of rotatable bonds is 5. The Morgan fingerprint density at radius 2 is 2.05 bits per heavy atom. The van der Waals surface area contributed by atoms with Gasteiger partial charge in [0, 0.05) is 22.7 Å². The van der Waals surface area contributed by atoms with Crippen LogP contribution in [0.2, 0.25) is 5.02 Å². The fraction of sp³-hybridized carbons (Fsp3) is 0.267. The summed E-state index contributed by atoms with van der Waals surface area (Å²) in [5, 5.41) is 5.18. The van der Waals surface area contributed by atoms with Gasteiger partial charge < -0.3 is 5.32 Å². The summed E-state index contributed by atoms with van der Waals surface area (Å²) in [4.78, 5) is 5.52. The van der Waals surface area contributed by atoms with Crippen molar-refractivity contribution in [1.82, 2.24) is 10.3 Å². The first-order valence-corrected chi connectivity index (χ1v) is 7.52. The molecule has 0 saturated heterocycles. The quantitative estimate of drug-likeness (QED) is 0.874. The maximum atomic E-state index is 6.20. The second kappa shape index (κ2) is 6.94. The van der Waals surface area contributed by atoms with Crippen LogP contribution in [0.1, 0.15) is 25.5 Å². The highest BCUT2D eigenvalue weighted by Crippen LogP contribution is 2.35. The van der Waals surface area contributed by atoms with Gasteiger partial charge in [-0.05, 0) is 31.7 Å². The van der Waals surface area contributed by atoms with Gasteiger partial charge in [-0.2, -0.15) is 0 Å². The summed E-state index contributed by atoms with van der Waals surface area (Å²) in [5.41, 5.74) is 1.20. The summed E-state index contributed by atoms with van der Waals surface area (Å²) in [6, 6.07) is 12.2. The van der Waals surface area contributed by atoms with E-state index in [2.05, 4.69) is 30.2 Å². The number of hydrogen-bond acceptors (Lipinski definition) is 3. The van der Waals surface area contributed by atoms with Crippen LogP contribution in [0, 0.1) is 0 Å². The zero-order chi connectivity index (χ0) is 13.7. The maximum Gasteiger partial charge on any atom is 0.106 e. The van der Waals surface area contributed by atoms with Crippen molar-refractivity contribution in [2.24, 2.45) is 0 Å². The Morgan fingerprint density at radius 1 is 1.26 bits per heavy atom. The zero-order valence-corrected chi connectivity index (χ0v) is 12.6. The van der Waals surface area contributed by atoms with Gasteiger partial charge in [0.25, 0.3) is 0 Å². The summed E-state index contributed by atoms with van der Waals surface area (Å²) in [6.07, 6.45) is 1.82. The molecule has 0 aliphatic heterocycles. The number of halogens is 1. The fourth-order valence-electron chi connectivity index (χ4n) is 1.87. The van der Waals surface area contributed by atoms with Crippen LogP contribution in [0.3, 0.4) is 0 Å². The molecular formula is C15H17ClN2S. The number of hydrogen-bond donors (Lipinski definition) is 1. The van der Waals surface area contributed by atoms with Crippen molar-refractivity contribution in [2.75, 3.05) is 6.54 Å². The first kappa shape index (κ1) is 14.4. The fourth-order valence-corrected chi connectivity index (χ4v) is 3.11. The summed E-state index contributed by atoms with van der Waals surface area (Å²) >= 11 is 7.81. The van der Waals surface area contributed by atoms with Gasteiger partial charge >= 0.3 is 0 Å². The molecule has 1 aromatic heterocycles. The first-order valence-electron chi connectivity index (χ1n) is 6.33. The molecule has 0 aliphatic carbocycles. The van der Waals surface area contributed by atoms with Crippen LogP contribution in [-0.2, 0) is 0 Å². The third-order valence-corrected chi connectivity index (χ3v) is 4.37. The highest BCUT2D eigenvalue weighted by molar-refractivity contribution is 7.99. The maximum absolute atomic E-state index is 6.20. The van der Waals surface area contributed by atoms with Crippen LogP contribution in [-0.4, -0.2) is 11.5 Å².